The lowest BCUT2D eigenvalue weighted by Crippen LogP contribution is -2.01. The van der Waals surface area contributed by atoms with E-state index in [2.05, 4.69) is 16.0 Å². The summed E-state index contributed by atoms with van der Waals surface area (Å²) in [6, 6.07) is 12.2. The van der Waals surface area contributed by atoms with Crippen molar-refractivity contribution < 1.29 is 4.74 Å². The molecule has 18 heavy (non-hydrogen) atoms. The van der Waals surface area contributed by atoms with Gasteiger partial charge in [0, 0.05) is 35.9 Å². The number of fused-ring (bicyclic) bond motifs is 1. The Balaban J connectivity index is 1.62. The minimum absolute atomic E-state index is 0.680. The van der Waals surface area contributed by atoms with Crippen molar-refractivity contribution >= 4 is 10.9 Å². The molecule has 90 valence electrons. The smallest absolute Gasteiger partial charge is 0.120 e. The fourth-order valence-corrected chi connectivity index (χ4v) is 1.96. The van der Waals surface area contributed by atoms with Crippen molar-refractivity contribution in [2.45, 2.75) is 6.42 Å². The van der Waals surface area contributed by atoms with Crippen LogP contribution in [0.3, 0.4) is 0 Å². The molecule has 1 aromatic carbocycles. The lowest BCUT2D eigenvalue weighted by molar-refractivity contribution is 0.322. The van der Waals surface area contributed by atoms with Crippen LogP contribution in [0.15, 0.2) is 55.0 Å². The summed E-state index contributed by atoms with van der Waals surface area (Å²) < 4.78 is 5.75. The third-order valence-electron chi connectivity index (χ3n) is 2.93. The van der Waals surface area contributed by atoms with E-state index in [1.54, 1.807) is 12.4 Å². The molecule has 0 saturated heterocycles. The summed E-state index contributed by atoms with van der Waals surface area (Å²) in [5.41, 5.74) is 2.38. The normalized spacial score (nSPS) is 10.7. The van der Waals surface area contributed by atoms with Gasteiger partial charge in [0.2, 0.25) is 0 Å². The number of hydrogen-bond donors (Lipinski definition) is 1. The van der Waals surface area contributed by atoms with Gasteiger partial charge in [-0.25, -0.2) is 0 Å². The summed E-state index contributed by atoms with van der Waals surface area (Å²) in [4.78, 5) is 7.16. The van der Waals surface area contributed by atoms with E-state index < -0.39 is 0 Å². The first-order chi connectivity index (χ1) is 8.92. The largest absolute Gasteiger partial charge is 0.493 e. The molecular weight excluding hydrogens is 224 g/mol. The number of nitrogens with zero attached hydrogens (tertiary/aromatic N) is 1. The number of ether oxygens (including phenoxy) is 1. The summed E-state index contributed by atoms with van der Waals surface area (Å²) in [6.07, 6.45) is 6.45. The lowest BCUT2D eigenvalue weighted by atomic mass is 10.2. The molecule has 3 heteroatoms. The minimum Gasteiger partial charge on any atom is -0.493 e. The van der Waals surface area contributed by atoms with Crippen molar-refractivity contribution in [2.24, 2.45) is 0 Å². The van der Waals surface area contributed by atoms with E-state index in [9.17, 15) is 0 Å². The molecule has 0 saturated carbocycles. The Kier molecular flexibility index (Phi) is 2.96. The maximum atomic E-state index is 5.75. The number of aromatic amines is 1. The van der Waals surface area contributed by atoms with Crippen molar-refractivity contribution in [2.75, 3.05) is 6.61 Å². The second-order valence-corrected chi connectivity index (χ2v) is 4.18. The Bertz CT molecular complexity index is 631. The molecule has 0 bridgehead atoms. The van der Waals surface area contributed by atoms with Crippen LogP contribution in [-0.2, 0) is 6.42 Å². The molecule has 0 aliphatic rings. The van der Waals surface area contributed by atoms with Gasteiger partial charge in [0.05, 0.1) is 6.61 Å². The van der Waals surface area contributed by atoms with Crippen LogP contribution in [0.25, 0.3) is 10.9 Å². The molecular formula is C15H14N2O. The minimum atomic E-state index is 0.680. The van der Waals surface area contributed by atoms with Gasteiger partial charge >= 0.3 is 0 Å². The summed E-state index contributed by atoms with van der Waals surface area (Å²) in [6.45, 7) is 0.680. The number of rotatable bonds is 4. The molecule has 0 radical (unpaired) electrons. The van der Waals surface area contributed by atoms with Crippen LogP contribution in [0.5, 0.6) is 5.75 Å². The quantitative estimate of drug-likeness (QED) is 0.758. The molecule has 0 spiro atoms. The first-order valence-electron chi connectivity index (χ1n) is 6.01. The van der Waals surface area contributed by atoms with Gasteiger partial charge in [-0.15, -0.1) is 0 Å². The molecule has 2 aromatic heterocycles. The Morgan fingerprint density at radius 3 is 2.83 bits per heavy atom. The van der Waals surface area contributed by atoms with Gasteiger partial charge in [-0.2, -0.15) is 0 Å². The standard InChI is InChI=1S/C15H14N2O/c1-2-15-13(5-9-17-15)11-14(1)18-10-6-12-3-7-16-8-4-12/h1-5,7-9,11,17H,6,10H2. The number of hydrogen-bond acceptors (Lipinski definition) is 2. The Morgan fingerprint density at radius 2 is 1.94 bits per heavy atom. The maximum Gasteiger partial charge on any atom is 0.120 e. The number of aromatic nitrogens is 2. The van der Waals surface area contributed by atoms with Crippen molar-refractivity contribution in [3.05, 3.63) is 60.6 Å². The third-order valence-corrected chi connectivity index (χ3v) is 2.93. The summed E-state index contributed by atoms with van der Waals surface area (Å²) >= 11 is 0. The van der Waals surface area contributed by atoms with E-state index in [1.165, 1.54) is 10.9 Å². The first kappa shape index (κ1) is 10.8. The highest BCUT2D eigenvalue weighted by molar-refractivity contribution is 5.80. The number of pyridine rings is 1. The molecule has 0 unspecified atom stereocenters. The van der Waals surface area contributed by atoms with Gasteiger partial charge in [0.15, 0.2) is 0 Å². The Labute approximate surface area is 105 Å². The SMILES string of the molecule is c1cc(CCOc2ccc3[nH]ccc3c2)ccn1. The summed E-state index contributed by atoms with van der Waals surface area (Å²) in [7, 11) is 0. The van der Waals surface area contributed by atoms with Crippen LogP contribution in [0.2, 0.25) is 0 Å². The van der Waals surface area contributed by atoms with Crippen LogP contribution in [-0.4, -0.2) is 16.6 Å². The van der Waals surface area contributed by atoms with Gasteiger partial charge in [0.25, 0.3) is 0 Å². The summed E-state index contributed by atoms with van der Waals surface area (Å²) in [5, 5.41) is 1.18. The Hall–Kier alpha value is -2.29. The molecule has 0 aliphatic heterocycles. The number of benzene rings is 1. The molecule has 3 aromatic rings. The van der Waals surface area contributed by atoms with E-state index in [4.69, 9.17) is 4.74 Å². The second kappa shape index (κ2) is 4.92. The molecule has 0 fully saturated rings. The van der Waals surface area contributed by atoms with E-state index in [0.717, 1.165) is 17.7 Å². The van der Waals surface area contributed by atoms with Gasteiger partial charge < -0.3 is 9.72 Å². The molecule has 0 amide bonds. The van der Waals surface area contributed by atoms with E-state index in [0.29, 0.717) is 6.61 Å². The van der Waals surface area contributed by atoms with Crippen LogP contribution in [0.1, 0.15) is 5.56 Å². The van der Waals surface area contributed by atoms with Gasteiger partial charge in [-0.1, -0.05) is 0 Å². The monoisotopic (exact) mass is 238 g/mol. The van der Waals surface area contributed by atoms with Crippen molar-refractivity contribution in [1.29, 1.82) is 0 Å². The third kappa shape index (κ3) is 2.35. The fraction of sp³-hybridized carbons (Fsp3) is 0.133. The average Bonchev–Trinajstić information content (AvgIpc) is 2.87. The molecule has 0 aliphatic carbocycles. The van der Waals surface area contributed by atoms with Gasteiger partial charge in [-0.3, -0.25) is 4.98 Å². The fourth-order valence-electron chi connectivity index (χ4n) is 1.96. The van der Waals surface area contributed by atoms with Crippen LogP contribution < -0.4 is 4.74 Å². The van der Waals surface area contributed by atoms with E-state index in [-0.39, 0.29) is 0 Å². The number of nitrogens with one attached hydrogen (secondary N) is 1. The predicted molar refractivity (Wildman–Crippen MR) is 71.7 cm³/mol. The predicted octanol–water partition coefficient (Wildman–Crippen LogP) is 3.18. The molecule has 3 rings (SSSR count). The number of H-pyrrole nitrogens is 1. The van der Waals surface area contributed by atoms with Gasteiger partial charge in [0.1, 0.15) is 5.75 Å². The van der Waals surface area contributed by atoms with Crippen LogP contribution in [0, 0.1) is 0 Å². The molecule has 2 heterocycles. The zero-order chi connectivity index (χ0) is 12.2. The van der Waals surface area contributed by atoms with Crippen LogP contribution >= 0.6 is 0 Å². The summed E-state index contributed by atoms with van der Waals surface area (Å²) in [5.74, 6) is 0.913. The maximum absolute atomic E-state index is 5.75. The topological polar surface area (TPSA) is 37.9 Å². The zero-order valence-electron chi connectivity index (χ0n) is 9.97. The highest BCUT2D eigenvalue weighted by atomic mass is 16.5. The molecule has 0 atom stereocenters. The molecule has 1 N–H and O–H groups in total. The highest BCUT2D eigenvalue weighted by Crippen LogP contribution is 2.19. The first-order valence-corrected chi connectivity index (χ1v) is 6.01. The second-order valence-electron chi connectivity index (χ2n) is 4.18. The Morgan fingerprint density at radius 1 is 1.06 bits per heavy atom. The van der Waals surface area contributed by atoms with E-state index >= 15 is 0 Å². The van der Waals surface area contributed by atoms with Gasteiger partial charge in [-0.05, 0) is 42.0 Å². The van der Waals surface area contributed by atoms with E-state index in [1.807, 2.05) is 36.5 Å². The van der Waals surface area contributed by atoms with Crippen LogP contribution in [0.4, 0.5) is 0 Å². The highest BCUT2D eigenvalue weighted by Gasteiger charge is 1.98. The van der Waals surface area contributed by atoms with Crippen molar-refractivity contribution in [3.63, 3.8) is 0 Å². The zero-order valence-corrected chi connectivity index (χ0v) is 9.97. The van der Waals surface area contributed by atoms with Crippen molar-refractivity contribution in [3.8, 4) is 5.75 Å². The lowest BCUT2D eigenvalue weighted by Gasteiger charge is -2.06. The average molecular weight is 238 g/mol. The molecule has 3 nitrogen and oxygen atoms in total. The van der Waals surface area contributed by atoms with Crippen molar-refractivity contribution in [1.82, 2.24) is 9.97 Å².